The number of piperidine rings is 1. The van der Waals surface area contributed by atoms with Gasteiger partial charge in [-0.15, -0.1) is 0 Å². The zero-order chi connectivity index (χ0) is 17.6. The highest BCUT2D eigenvalue weighted by atomic mass is 79.9. The Balaban J connectivity index is 1.44. The van der Waals surface area contributed by atoms with Gasteiger partial charge in [0, 0.05) is 45.5 Å². The fraction of sp³-hybridized carbons (Fsp3) is 0.588. The Morgan fingerprint density at radius 1 is 1.04 bits per heavy atom. The summed E-state index contributed by atoms with van der Waals surface area (Å²) in [5, 5.41) is 2.87. The highest BCUT2D eigenvalue weighted by Crippen LogP contribution is 2.19. The second-order valence-corrected chi connectivity index (χ2v) is 7.23. The summed E-state index contributed by atoms with van der Waals surface area (Å²) >= 11 is 3.33. The van der Waals surface area contributed by atoms with E-state index in [-0.39, 0.29) is 11.9 Å². The van der Waals surface area contributed by atoms with Crippen molar-refractivity contribution in [2.75, 3.05) is 51.1 Å². The fourth-order valence-electron chi connectivity index (χ4n) is 3.22. The monoisotopic (exact) mass is 409 g/mol. The molecule has 0 bridgehead atoms. The number of anilines is 1. The number of carbonyl (C=O) groups is 2. The van der Waals surface area contributed by atoms with Crippen LogP contribution in [-0.4, -0.2) is 77.4 Å². The molecule has 1 N–H and O–H groups in total. The number of pyridine rings is 1. The molecular formula is C17H24BrN5O2. The first kappa shape index (κ1) is 18.1. The van der Waals surface area contributed by atoms with E-state index in [1.807, 2.05) is 11.0 Å². The maximum atomic E-state index is 12.4. The molecule has 0 aliphatic carbocycles. The van der Waals surface area contributed by atoms with Crippen LogP contribution >= 0.6 is 15.9 Å². The van der Waals surface area contributed by atoms with Gasteiger partial charge in [0.1, 0.15) is 4.60 Å². The van der Waals surface area contributed by atoms with Gasteiger partial charge in [0.2, 0.25) is 5.91 Å². The van der Waals surface area contributed by atoms with Crippen molar-refractivity contribution in [2.45, 2.75) is 19.3 Å². The minimum Gasteiger partial charge on any atom is -0.342 e. The number of urea groups is 1. The highest BCUT2D eigenvalue weighted by molar-refractivity contribution is 9.10. The number of amides is 3. The summed E-state index contributed by atoms with van der Waals surface area (Å²) in [7, 11) is 0. The molecule has 8 heteroatoms. The molecule has 0 saturated carbocycles. The van der Waals surface area contributed by atoms with Crippen molar-refractivity contribution in [2.24, 2.45) is 0 Å². The summed E-state index contributed by atoms with van der Waals surface area (Å²) in [4.78, 5) is 34.7. The molecule has 3 amide bonds. The number of hydrogen-bond acceptors (Lipinski definition) is 4. The molecule has 1 aromatic rings. The lowest BCUT2D eigenvalue weighted by molar-refractivity contribution is -0.133. The number of aromatic nitrogens is 1. The summed E-state index contributed by atoms with van der Waals surface area (Å²) in [6.07, 6.45) is 5.12. The first-order chi connectivity index (χ1) is 12.1. The SMILES string of the molecule is O=C(CN1CCN(C(=O)Nc2cccnc2Br)CC1)N1CCCCC1. The van der Waals surface area contributed by atoms with Crippen LogP contribution < -0.4 is 5.32 Å². The first-order valence-electron chi connectivity index (χ1n) is 8.80. The third-order valence-electron chi connectivity index (χ3n) is 4.73. The van der Waals surface area contributed by atoms with Gasteiger partial charge >= 0.3 is 6.03 Å². The quantitative estimate of drug-likeness (QED) is 0.775. The van der Waals surface area contributed by atoms with Gasteiger partial charge in [0.15, 0.2) is 0 Å². The van der Waals surface area contributed by atoms with Crippen LogP contribution in [0.1, 0.15) is 19.3 Å². The molecule has 0 radical (unpaired) electrons. The first-order valence-corrected chi connectivity index (χ1v) is 9.59. The van der Waals surface area contributed by atoms with Crippen molar-refractivity contribution in [3.8, 4) is 0 Å². The van der Waals surface area contributed by atoms with Crippen LogP contribution in [-0.2, 0) is 4.79 Å². The van der Waals surface area contributed by atoms with Gasteiger partial charge in [0.05, 0.1) is 12.2 Å². The van der Waals surface area contributed by atoms with E-state index in [1.165, 1.54) is 6.42 Å². The lowest BCUT2D eigenvalue weighted by Gasteiger charge is -2.36. The fourth-order valence-corrected chi connectivity index (χ4v) is 3.57. The van der Waals surface area contributed by atoms with Gasteiger partial charge in [-0.05, 0) is 47.3 Å². The molecule has 2 aliphatic rings. The van der Waals surface area contributed by atoms with Crippen molar-refractivity contribution in [1.29, 1.82) is 0 Å². The molecule has 136 valence electrons. The van der Waals surface area contributed by atoms with E-state index in [2.05, 4.69) is 31.1 Å². The van der Waals surface area contributed by atoms with E-state index < -0.39 is 0 Å². The van der Waals surface area contributed by atoms with Crippen molar-refractivity contribution in [1.82, 2.24) is 19.7 Å². The van der Waals surface area contributed by atoms with E-state index >= 15 is 0 Å². The van der Waals surface area contributed by atoms with Crippen LogP contribution in [0.25, 0.3) is 0 Å². The lowest BCUT2D eigenvalue weighted by Crippen LogP contribution is -2.52. The van der Waals surface area contributed by atoms with E-state index in [0.29, 0.717) is 29.9 Å². The summed E-state index contributed by atoms with van der Waals surface area (Å²) < 4.78 is 0.620. The summed E-state index contributed by atoms with van der Waals surface area (Å²) in [5.74, 6) is 0.219. The largest absolute Gasteiger partial charge is 0.342 e. The Labute approximate surface area is 156 Å². The maximum absolute atomic E-state index is 12.4. The Morgan fingerprint density at radius 3 is 2.44 bits per heavy atom. The van der Waals surface area contributed by atoms with Gasteiger partial charge in [-0.25, -0.2) is 9.78 Å². The number of carbonyl (C=O) groups excluding carboxylic acids is 2. The van der Waals surface area contributed by atoms with E-state index in [9.17, 15) is 9.59 Å². The van der Waals surface area contributed by atoms with E-state index in [0.717, 1.165) is 39.0 Å². The van der Waals surface area contributed by atoms with Gasteiger partial charge in [0.25, 0.3) is 0 Å². The molecule has 1 aromatic heterocycles. The number of halogens is 1. The predicted octanol–water partition coefficient (Wildman–Crippen LogP) is 2.01. The average Bonchev–Trinajstić information content (AvgIpc) is 2.65. The molecule has 0 atom stereocenters. The summed E-state index contributed by atoms with van der Waals surface area (Å²) in [5.41, 5.74) is 0.662. The third-order valence-corrected chi connectivity index (χ3v) is 5.36. The van der Waals surface area contributed by atoms with Crippen LogP contribution in [0.3, 0.4) is 0 Å². The number of rotatable bonds is 3. The zero-order valence-electron chi connectivity index (χ0n) is 14.3. The van der Waals surface area contributed by atoms with Gasteiger partial charge in [-0.1, -0.05) is 0 Å². The average molecular weight is 410 g/mol. The van der Waals surface area contributed by atoms with E-state index in [1.54, 1.807) is 17.2 Å². The summed E-state index contributed by atoms with van der Waals surface area (Å²) in [6.45, 7) is 4.93. The molecule has 2 aliphatic heterocycles. The predicted molar refractivity (Wildman–Crippen MR) is 99.4 cm³/mol. The second-order valence-electron chi connectivity index (χ2n) is 6.48. The minimum atomic E-state index is -0.129. The lowest BCUT2D eigenvalue weighted by atomic mass is 10.1. The van der Waals surface area contributed by atoms with Gasteiger partial charge in [-0.3, -0.25) is 9.69 Å². The molecule has 2 fully saturated rings. The number of nitrogens with zero attached hydrogens (tertiary/aromatic N) is 4. The highest BCUT2D eigenvalue weighted by Gasteiger charge is 2.25. The van der Waals surface area contributed by atoms with Crippen molar-refractivity contribution >= 4 is 33.6 Å². The molecule has 3 heterocycles. The smallest absolute Gasteiger partial charge is 0.322 e. The molecular weight excluding hydrogens is 386 g/mol. The standard InChI is InChI=1S/C17H24BrN5O2/c18-16-14(5-4-6-19-16)20-17(25)23-11-9-21(10-12-23)13-15(24)22-7-2-1-3-8-22/h4-6H,1-3,7-13H2,(H,20,25). The maximum Gasteiger partial charge on any atom is 0.322 e. The van der Waals surface area contributed by atoms with Crippen molar-refractivity contribution < 1.29 is 9.59 Å². The Morgan fingerprint density at radius 2 is 1.76 bits per heavy atom. The van der Waals surface area contributed by atoms with Crippen LogP contribution in [0.4, 0.5) is 10.5 Å². The molecule has 25 heavy (non-hydrogen) atoms. The Hall–Kier alpha value is -1.67. The minimum absolute atomic E-state index is 0.129. The van der Waals surface area contributed by atoms with E-state index in [4.69, 9.17) is 0 Å². The van der Waals surface area contributed by atoms with Crippen LogP contribution in [0.2, 0.25) is 0 Å². The van der Waals surface area contributed by atoms with Crippen molar-refractivity contribution in [3.05, 3.63) is 22.9 Å². The van der Waals surface area contributed by atoms with Crippen molar-refractivity contribution in [3.63, 3.8) is 0 Å². The van der Waals surface area contributed by atoms with Crippen LogP contribution in [0.5, 0.6) is 0 Å². The molecule has 0 unspecified atom stereocenters. The molecule has 7 nitrogen and oxygen atoms in total. The molecule has 2 saturated heterocycles. The molecule has 3 rings (SSSR count). The number of likely N-dealkylation sites (tertiary alicyclic amines) is 1. The second kappa shape index (κ2) is 8.62. The van der Waals surface area contributed by atoms with Gasteiger partial charge < -0.3 is 15.1 Å². The normalized spacial score (nSPS) is 18.9. The van der Waals surface area contributed by atoms with Crippen LogP contribution in [0.15, 0.2) is 22.9 Å². The Bertz CT molecular complexity index is 613. The van der Waals surface area contributed by atoms with Gasteiger partial charge in [-0.2, -0.15) is 0 Å². The number of nitrogens with one attached hydrogen (secondary N) is 1. The Kier molecular flexibility index (Phi) is 6.25. The third kappa shape index (κ3) is 4.92. The zero-order valence-corrected chi connectivity index (χ0v) is 15.9. The number of hydrogen-bond donors (Lipinski definition) is 1. The summed E-state index contributed by atoms with van der Waals surface area (Å²) in [6, 6.07) is 3.46. The topological polar surface area (TPSA) is 68.8 Å². The number of piperazine rings is 1. The van der Waals surface area contributed by atoms with Crippen LogP contribution in [0, 0.1) is 0 Å². The molecule has 0 aromatic carbocycles. The molecule has 0 spiro atoms.